The number of carbonyl (C=O) groups excluding carboxylic acids is 1. The summed E-state index contributed by atoms with van der Waals surface area (Å²) in [7, 11) is 0. The maximum Gasteiger partial charge on any atom is 0.236 e. The number of piperazine rings is 1. The predicted octanol–water partition coefficient (Wildman–Crippen LogP) is 0.855. The van der Waals surface area contributed by atoms with Gasteiger partial charge in [-0.1, -0.05) is 0 Å². The number of hydrogen-bond donors (Lipinski definition) is 1. The van der Waals surface area contributed by atoms with Crippen molar-refractivity contribution in [2.24, 2.45) is 5.92 Å². The monoisotopic (exact) mass is 325 g/mol. The van der Waals surface area contributed by atoms with E-state index in [-0.39, 0.29) is 18.3 Å². The molecule has 2 aliphatic heterocycles. The molecule has 1 amide bonds. The largest absolute Gasteiger partial charge is 0.356 e. The molecule has 0 unspecified atom stereocenters. The summed E-state index contributed by atoms with van der Waals surface area (Å²) in [6.07, 6.45) is 4.07. The fraction of sp³-hybridized carbons (Fsp3) is 0.667. The Morgan fingerprint density at radius 1 is 1.32 bits per heavy atom. The third-order valence-electron chi connectivity index (χ3n) is 4.37. The van der Waals surface area contributed by atoms with Crippen LogP contribution in [-0.4, -0.2) is 60.0 Å². The molecule has 22 heavy (non-hydrogen) atoms. The first-order valence-electron chi connectivity index (χ1n) is 7.75. The van der Waals surface area contributed by atoms with Crippen LogP contribution in [0.5, 0.6) is 0 Å². The van der Waals surface area contributed by atoms with E-state index in [4.69, 9.17) is 0 Å². The smallest absolute Gasteiger partial charge is 0.236 e. The second-order valence-electron chi connectivity index (χ2n) is 5.91. The number of anilines is 1. The lowest BCUT2D eigenvalue weighted by Crippen LogP contribution is -2.50. The molecule has 0 bridgehead atoms. The minimum absolute atomic E-state index is 0. The predicted molar refractivity (Wildman–Crippen MR) is 88.4 cm³/mol. The number of halogens is 1. The molecule has 0 aromatic carbocycles. The van der Waals surface area contributed by atoms with Crippen LogP contribution in [0.15, 0.2) is 12.3 Å². The van der Waals surface area contributed by atoms with Crippen LogP contribution in [0, 0.1) is 12.8 Å². The van der Waals surface area contributed by atoms with Gasteiger partial charge in [-0.3, -0.25) is 4.79 Å². The number of rotatable bonds is 3. The lowest BCUT2D eigenvalue weighted by atomic mass is 9.96. The van der Waals surface area contributed by atoms with Gasteiger partial charge in [0.05, 0.1) is 6.54 Å². The van der Waals surface area contributed by atoms with Crippen molar-refractivity contribution in [2.45, 2.75) is 19.8 Å². The van der Waals surface area contributed by atoms with E-state index < -0.39 is 0 Å². The molecular formula is C15H24ClN5O. The third-order valence-corrected chi connectivity index (χ3v) is 4.37. The average molecular weight is 326 g/mol. The molecule has 2 fully saturated rings. The standard InChI is InChI=1S/C15H23N5O.ClH/c1-12-17-5-2-14(18-12)19-7-3-13(4-8-19)11-20-9-6-16-10-15(20)21;/h2,5,13,16H,3-4,6-11H2,1H3;1H. The van der Waals surface area contributed by atoms with Gasteiger partial charge in [-0.15, -0.1) is 12.4 Å². The summed E-state index contributed by atoms with van der Waals surface area (Å²) in [6, 6.07) is 1.98. The minimum Gasteiger partial charge on any atom is -0.356 e. The van der Waals surface area contributed by atoms with E-state index in [9.17, 15) is 4.79 Å². The first-order chi connectivity index (χ1) is 10.2. The van der Waals surface area contributed by atoms with Crippen LogP contribution in [0.2, 0.25) is 0 Å². The minimum atomic E-state index is 0. The Morgan fingerprint density at radius 2 is 2.09 bits per heavy atom. The second-order valence-corrected chi connectivity index (χ2v) is 5.91. The Hall–Kier alpha value is -1.40. The molecule has 2 aliphatic rings. The summed E-state index contributed by atoms with van der Waals surface area (Å²) in [5.41, 5.74) is 0. The SMILES string of the molecule is Cc1nccc(N2CCC(CN3CCNCC3=O)CC2)n1.Cl. The Bertz CT molecular complexity index is 504. The molecule has 0 aliphatic carbocycles. The first-order valence-corrected chi connectivity index (χ1v) is 7.75. The maximum absolute atomic E-state index is 11.8. The van der Waals surface area contributed by atoms with Gasteiger partial charge in [-0.05, 0) is 31.7 Å². The van der Waals surface area contributed by atoms with E-state index in [0.29, 0.717) is 12.5 Å². The van der Waals surface area contributed by atoms with Crippen molar-refractivity contribution < 1.29 is 4.79 Å². The topological polar surface area (TPSA) is 61.4 Å². The summed E-state index contributed by atoms with van der Waals surface area (Å²) < 4.78 is 0. The van der Waals surface area contributed by atoms with Gasteiger partial charge in [0.2, 0.25) is 5.91 Å². The van der Waals surface area contributed by atoms with Crippen LogP contribution in [0.1, 0.15) is 18.7 Å². The number of amides is 1. The van der Waals surface area contributed by atoms with Crippen molar-refractivity contribution in [2.75, 3.05) is 44.2 Å². The fourth-order valence-corrected chi connectivity index (χ4v) is 3.12. The number of nitrogens with zero attached hydrogens (tertiary/aromatic N) is 4. The maximum atomic E-state index is 11.8. The van der Waals surface area contributed by atoms with Crippen LogP contribution in [0.3, 0.4) is 0 Å². The highest BCUT2D eigenvalue weighted by Gasteiger charge is 2.25. The lowest BCUT2D eigenvalue weighted by Gasteiger charge is -2.36. The summed E-state index contributed by atoms with van der Waals surface area (Å²) in [5, 5.41) is 3.12. The Kier molecular flexibility index (Phi) is 5.97. The first kappa shape index (κ1) is 17.0. The molecule has 0 radical (unpaired) electrons. The summed E-state index contributed by atoms with van der Waals surface area (Å²) in [4.78, 5) is 24.8. The van der Waals surface area contributed by atoms with Crippen LogP contribution >= 0.6 is 12.4 Å². The molecule has 0 saturated carbocycles. The molecule has 6 nitrogen and oxygen atoms in total. The van der Waals surface area contributed by atoms with E-state index in [1.807, 2.05) is 24.1 Å². The normalized spacial score (nSPS) is 20.0. The van der Waals surface area contributed by atoms with Crippen LogP contribution in [-0.2, 0) is 4.79 Å². The van der Waals surface area contributed by atoms with Gasteiger partial charge < -0.3 is 15.1 Å². The van der Waals surface area contributed by atoms with Gasteiger partial charge in [-0.25, -0.2) is 9.97 Å². The quantitative estimate of drug-likeness (QED) is 0.893. The van der Waals surface area contributed by atoms with Crippen LogP contribution in [0.25, 0.3) is 0 Å². The van der Waals surface area contributed by atoms with Crippen molar-refractivity contribution >= 4 is 24.1 Å². The van der Waals surface area contributed by atoms with E-state index in [1.54, 1.807) is 0 Å². The van der Waals surface area contributed by atoms with Crippen molar-refractivity contribution in [3.8, 4) is 0 Å². The average Bonchev–Trinajstić information content (AvgIpc) is 2.50. The number of aromatic nitrogens is 2. The molecule has 0 atom stereocenters. The molecule has 1 N–H and O–H groups in total. The zero-order chi connectivity index (χ0) is 14.7. The van der Waals surface area contributed by atoms with Crippen molar-refractivity contribution in [3.63, 3.8) is 0 Å². The van der Waals surface area contributed by atoms with Gasteiger partial charge >= 0.3 is 0 Å². The Balaban J connectivity index is 0.00000176. The van der Waals surface area contributed by atoms with E-state index in [0.717, 1.165) is 57.2 Å². The molecule has 7 heteroatoms. The van der Waals surface area contributed by atoms with Crippen molar-refractivity contribution in [1.29, 1.82) is 0 Å². The fourth-order valence-electron chi connectivity index (χ4n) is 3.12. The molecule has 3 heterocycles. The van der Waals surface area contributed by atoms with E-state index in [1.165, 1.54) is 0 Å². The number of aryl methyl sites for hydroxylation is 1. The second kappa shape index (κ2) is 7.74. The molecule has 0 spiro atoms. The molecule has 1 aromatic heterocycles. The van der Waals surface area contributed by atoms with Gasteiger partial charge in [0.1, 0.15) is 11.6 Å². The summed E-state index contributed by atoms with van der Waals surface area (Å²) >= 11 is 0. The van der Waals surface area contributed by atoms with Gasteiger partial charge in [0.15, 0.2) is 0 Å². The third kappa shape index (κ3) is 4.08. The van der Waals surface area contributed by atoms with Crippen molar-refractivity contribution in [1.82, 2.24) is 20.2 Å². The summed E-state index contributed by atoms with van der Waals surface area (Å²) in [6.45, 7) is 7.14. The van der Waals surface area contributed by atoms with Crippen molar-refractivity contribution in [3.05, 3.63) is 18.1 Å². The van der Waals surface area contributed by atoms with Gasteiger partial charge in [0.25, 0.3) is 0 Å². The molecule has 2 saturated heterocycles. The highest BCUT2D eigenvalue weighted by atomic mass is 35.5. The zero-order valence-corrected chi connectivity index (χ0v) is 13.8. The molecular weight excluding hydrogens is 302 g/mol. The Morgan fingerprint density at radius 3 is 2.77 bits per heavy atom. The van der Waals surface area contributed by atoms with Gasteiger partial charge in [-0.2, -0.15) is 0 Å². The van der Waals surface area contributed by atoms with E-state index in [2.05, 4.69) is 20.2 Å². The number of hydrogen-bond acceptors (Lipinski definition) is 5. The zero-order valence-electron chi connectivity index (χ0n) is 13.0. The number of piperidine rings is 1. The molecule has 122 valence electrons. The van der Waals surface area contributed by atoms with Crippen LogP contribution < -0.4 is 10.2 Å². The number of nitrogens with one attached hydrogen (secondary N) is 1. The lowest BCUT2D eigenvalue weighted by molar-refractivity contribution is -0.132. The molecule has 3 rings (SSSR count). The van der Waals surface area contributed by atoms with Gasteiger partial charge in [0, 0.05) is 38.9 Å². The molecule has 1 aromatic rings. The Labute approximate surface area is 137 Å². The highest BCUT2D eigenvalue weighted by Crippen LogP contribution is 2.22. The van der Waals surface area contributed by atoms with E-state index >= 15 is 0 Å². The summed E-state index contributed by atoms with van der Waals surface area (Å²) in [5.74, 6) is 2.71. The van der Waals surface area contributed by atoms with Crippen LogP contribution in [0.4, 0.5) is 5.82 Å². The highest BCUT2D eigenvalue weighted by molar-refractivity contribution is 5.85. The number of carbonyl (C=O) groups is 1.